The number of fused-ring (bicyclic) bond motifs is 1. The first-order chi connectivity index (χ1) is 8.03. The van der Waals surface area contributed by atoms with Crippen LogP contribution in [0.3, 0.4) is 0 Å². The number of nitrogens with one attached hydrogen (secondary N) is 2. The van der Waals surface area contributed by atoms with E-state index in [4.69, 9.17) is 0 Å². The molecule has 1 aromatic carbocycles. The summed E-state index contributed by atoms with van der Waals surface area (Å²) < 4.78 is 0. The number of hydrogen-bond acceptors (Lipinski definition) is 2. The molecule has 0 radical (unpaired) electrons. The lowest BCUT2D eigenvalue weighted by Gasteiger charge is -2.23. The molecule has 1 heterocycles. The normalized spacial score (nSPS) is 11.7. The summed E-state index contributed by atoms with van der Waals surface area (Å²) in [4.78, 5) is 12.1. The highest BCUT2D eigenvalue weighted by atomic mass is 16.2. The number of aromatic nitrogens is 2. The average molecular weight is 231 g/mol. The predicted molar refractivity (Wildman–Crippen MR) is 67.9 cm³/mol. The third kappa shape index (κ3) is 2.30. The summed E-state index contributed by atoms with van der Waals surface area (Å²) >= 11 is 0. The molecule has 4 nitrogen and oxygen atoms in total. The summed E-state index contributed by atoms with van der Waals surface area (Å²) in [5, 5.41) is 10.8. The van der Waals surface area contributed by atoms with Gasteiger partial charge in [0.15, 0.2) is 5.69 Å². The van der Waals surface area contributed by atoms with Crippen molar-refractivity contribution in [3.05, 3.63) is 30.0 Å². The molecule has 0 atom stereocenters. The molecule has 2 aromatic rings. The molecule has 0 fully saturated rings. The van der Waals surface area contributed by atoms with Crippen LogP contribution in [0.1, 0.15) is 37.7 Å². The van der Waals surface area contributed by atoms with E-state index in [9.17, 15) is 4.79 Å². The highest BCUT2D eigenvalue weighted by Gasteiger charge is 2.21. The summed E-state index contributed by atoms with van der Waals surface area (Å²) in [6, 6.07) is 7.62. The van der Waals surface area contributed by atoms with E-state index in [1.54, 1.807) is 0 Å². The lowest BCUT2D eigenvalue weighted by Crippen LogP contribution is -2.42. The SMILES string of the molecule is CCC(C)(C)NC(=O)c1n[nH]c2ccccc12. The van der Waals surface area contributed by atoms with E-state index in [1.165, 1.54) is 0 Å². The zero-order valence-electron chi connectivity index (χ0n) is 10.4. The molecule has 90 valence electrons. The molecule has 0 aliphatic carbocycles. The maximum absolute atomic E-state index is 12.1. The number of nitrogens with zero attached hydrogens (tertiary/aromatic N) is 1. The molecule has 2 rings (SSSR count). The van der Waals surface area contributed by atoms with Crippen molar-refractivity contribution in [2.75, 3.05) is 0 Å². The van der Waals surface area contributed by atoms with Crippen LogP contribution in [0.5, 0.6) is 0 Å². The van der Waals surface area contributed by atoms with E-state index in [0.29, 0.717) is 5.69 Å². The molecule has 0 saturated carbocycles. The average Bonchev–Trinajstić information content (AvgIpc) is 2.72. The van der Waals surface area contributed by atoms with Gasteiger partial charge in [-0.05, 0) is 26.3 Å². The monoisotopic (exact) mass is 231 g/mol. The summed E-state index contributed by atoms with van der Waals surface area (Å²) in [5.74, 6) is -0.130. The van der Waals surface area contributed by atoms with Crippen molar-refractivity contribution in [3.8, 4) is 0 Å². The molecular formula is C13H17N3O. The first-order valence-corrected chi connectivity index (χ1v) is 5.79. The first kappa shape index (κ1) is 11.6. The van der Waals surface area contributed by atoms with Crippen LogP contribution in [0, 0.1) is 0 Å². The fraction of sp³-hybridized carbons (Fsp3) is 0.385. The lowest BCUT2D eigenvalue weighted by atomic mass is 10.0. The number of rotatable bonds is 3. The van der Waals surface area contributed by atoms with Gasteiger partial charge in [-0.15, -0.1) is 0 Å². The number of H-pyrrole nitrogens is 1. The molecule has 2 N–H and O–H groups in total. The zero-order valence-corrected chi connectivity index (χ0v) is 10.4. The van der Waals surface area contributed by atoms with Crippen LogP contribution in [0.15, 0.2) is 24.3 Å². The Bertz CT molecular complexity index is 542. The van der Waals surface area contributed by atoms with Crippen molar-refractivity contribution in [3.63, 3.8) is 0 Å². The highest BCUT2D eigenvalue weighted by molar-refractivity contribution is 6.04. The van der Waals surface area contributed by atoms with E-state index in [1.807, 2.05) is 45.0 Å². The van der Waals surface area contributed by atoms with Crippen molar-refractivity contribution in [2.45, 2.75) is 32.7 Å². The Balaban J connectivity index is 2.31. The number of para-hydroxylation sites is 1. The van der Waals surface area contributed by atoms with Crippen LogP contribution >= 0.6 is 0 Å². The Kier molecular flexibility index (Phi) is 2.88. The van der Waals surface area contributed by atoms with Crippen LogP contribution in [-0.4, -0.2) is 21.6 Å². The van der Waals surface area contributed by atoms with Gasteiger partial charge in [0, 0.05) is 10.9 Å². The maximum Gasteiger partial charge on any atom is 0.272 e. The van der Waals surface area contributed by atoms with E-state index >= 15 is 0 Å². The number of benzene rings is 1. The summed E-state index contributed by atoms with van der Waals surface area (Å²) in [7, 11) is 0. The molecule has 0 unspecified atom stereocenters. The molecule has 17 heavy (non-hydrogen) atoms. The number of amides is 1. The second-order valence-electron chi connectivity index (χ2n) is 4.81. The van der Waals surface area contributed by atoms with Gasteiger partial charge in [-0.2, -0.15) is 5.10 Å². The minimum Gasteiger partial charge on any atom is -0.346 e. The van der Waals surface area contributed by atoms with Crippen LogP contribution in [0.4, 0.5) is 0 Å². The summed E-state index contributed by atoms with van der Waals surface area (Å²) in [5.41, 5.74) is 1.13. The third-order valence-corrected chi connectivity index (χ3v) is 3.02. The molecule has 0 aliphatic rings. The van der Waals surface area contributed by atoms with E-state index in [0.717, 1.165) is 17.3 Å². The fourth-order valence-electron chi connectivity index (χ4n) is 1.59. The Morgan fingerprint density at radius 2 is 2.12 bits per heavy atom. The quantitative estimate of drug-likeness (QED) is 0.852. The van der Waals surface area contributed by atoms with Crippen molar-refractivity contribution in [1.29, 1.82) is 0 Å². The van der Waals surface area contributed by atoms with E-state index < -0.39 is 0 Å². The Morgan fingerprint density at radius 1 is 1.41 bits per heavy atom. The van der Waals surface area contributed by atoms with Crippen LogP contribution in [0.2, 0.25) is 0 Å². The second kappa shape index (κ2) is 4.20. The van der Waals surface area contributed by atoms with Crippen LogP contribution in [-0.2, 0) is 0 Å². The van der Waals surface area contributed by atoms with Gasteiger partial charge >= 0.3 is 0 Å². The molecule has 0 aliphatic heterocycles. The fourth-order valence-corrected chi connectivity index (χ4v) is 1.59. The van der Waals surface area contributed by atoms with Gasteiger partial charge in [0.1, 0.15) is 0 Å². The molecule has 4 heteroatoms. The molecule has 0 spiro atoms. The molecule has 0 saturated heterocycles. The van der Waals surface area contributed by atoms with Gasteiger partial charge in [-0.3, -0.25) is 9.89 Å². The van der Waals surface area contributed by atoms with Crippen molar-refractivity contribution >= 4 is 16.8 Å². The van der Waals surface area contributed by atoms with E-state index in [2.05, 4.69) is 15.5 Å². The van der Waals surface area contributed by atoms with Crippen molar-refractivity contribution in [2.24, 2.45) is 0 Å². The zero-order chi connectivity index (χ0) is 12.5. The number of carbonyl (C=O) groups is 1. The van der Waals surface area contributed by atoms with E-state index in [-0.39, 0.29) is 11.4 Å². The van der Waals surface area contributed by atoms with Crippen LogP contribution in [0.25, 0.3) is 10.9 Å². The molecule has 1 amide bonds. The molecule has 0 bridgehead atoms. The van der Waals surface area contributed by atoms with Gasteiger partial charge in [0.25, 0.3) is 5.91 Å². The highest BCUT2D eigenvalue weighted by Crippen LogP contribution is 2.16. The Hall–Kier alpha value is -1.84. The van der Waals surface area contributed by atoms with Crippen LogP contribution < -0.4 is 5.32 Å². The van der Waals surface area contributed by atoms with Gasteiger partial charge in [-0.25, -0.2) is 0 Å². The van der Waals surface area contributed by atoms with Crippen molar-refractivity contribution < 1.29 is 4.79 Å². The minimum atomic E-state index is -0.211. The minimum absolute atomic E-state index is 0.130. The summed E-state index contributed by atoms with van der Waals surface area (Å²) in [6.45, 7) is 6.04. The standard InChI is InChI=1S/C13H17N3O/c1-4-13(2,3)14-12(17)11-9-7-5-6-8-10(9)15-16-11/h5-8H,4H2,1-3H3,(H,14,17)(H,15,16). The Labute approximate surface area is 100 Å². The smallest absolute Gasteiger partial charge is 0.272 e. The third-order valence-electron chi connectivity index (χ3n) is 3.02. The number of hydrogen-bond donors (Lipinski definition) is 2. The number of aromatic amines is 1. The topological polar surface area (TPSA) is 57.8 Å². The van der Waals surface area contributed by atoms with Gasteiger partial charge in [-0.1, -0.05) is 25.1 Å². The Morgan fingerprint density at radius 3 is 2.82 bits per heavy atom. The largest absolute Gasteiger partial charge is 0.346 e. The predicted octanol–water partition coefficient (Wildman–Crippen LogP) is 2.48. The first-order valence-electron chi connectivity index (χ1n) is 5.79. The van der Waals surface area contributed by atoms with Gasteiger partial charge in [0.05, 0.1) is 5.52 Å². The van der Waals surface area contributed by atoms with Gasteiger partial charge in [0.2, 0.25) is 0 Å². The van der Waals surface area contributed by atoms with Gasteiger partial charge < -0.3 is 5.32 Å². The maximum atomic E-state index is 12.1. The lowest BCUT2D eigenvalue weighted by molar-refractivity contribution is 0.0907. The molecular weight excluding hydrogens is 214 g/mol. The van der Waals surface area contributed by atoms with Crippen molar-refractivity contribution in [1.82, 2.24) is 15.5 Å². The summed E-state index contributed by atoms with van der Waals surface area (Å²) in [6.07, 6.45) is 0.876. The number of carbonyl (C=O) groups excluding carboxylic acids is 1. The second-order valence-corrected chi connectivity index (χ2v) is 4.81. The molecule has 1 aromatic heterocycles.